The normalized spacial score (nSPS) is 10.6. The zero-order valence-electron chi connectivity index (χ0n) is 15.0. The molecule has 3 rings (SSSR count). The van der Waals surface area contributed by atoms with Gasteiger partial charge in [0.2, 0.25) is 11.0 Å². The zero-order valence-corrected chi connectivity index (χ0v) is 18.2. The molecule has 2 N–H and O–H groups in total. The summed E-state index contributed by atoms with van der Waals surface area (Å²) < 4.78 is 0.752. The number of anilines is 1. The van der Waals surface area contributed by atoms with Gasteiger partial charge in [-0.15, -0.1) is 10.2 Å². The van der Waals surface area contributed by atoms with E-state index in [1.807, 2.05) is 24.3 Å². The zero-order chi connectivity index (χ0) is 20.6. The van der Waals surface area contributed by atoms with Gasteiger partial charge < -0.3 is 10.6 Å². The van der Waals surface area contributed by atoms with Gasteiger partial charge in [-0.05, 0) is 29.8 Å². The fraction of sp³-hybridized carbons (Fsp3) is 0.158. The summed E-state index contributed by atoms with van der Waals surface area (Å²) in [5, 5.41) is 14.9. The molecule has 10 heteroatoms. The SMILES string of the molecule is O=C(CCNC(=O)c1ccccc1Cl)Nc1nnc(SCc2ccc(Cl)cc2)s1. The molecule has 0 saturated heterocycles. The third kappa shape index (κ3) is 6.71. The number of aromatic nitrogens is 2. The van der Waals surface area contributed by atoms with Crippen LogP contribution in [0.4, 0.5) is 5.13 Å². The lowest BCUT2D eigenvalue weighted by molar-refractivity contribution is -0.116. The predicted octanol–water partition coefficient (Wildman–Crippen LogP) is 4.90. The monoisotopic (exact) mass is 466 g/mol. The lowest BCUT2D eigenvalue weighted by Gasteiger charge is -2.06. The number of halogens is 2. The quantitative estimate of drug-likeness (QED) is 0.364. The third-order valence-corrected chi connectivity index (χ3v) is 6.31. The fourth-order valence-electron chi connectivity index (χ4n) is 2.26. The standard InChI is InChI=1S/C19H16Cl2N4O2S2/c20-13-7-5-12(6-8-13)11-28-19-25-24-18(29-19)23-16(26)9-10-22-17(27)14-3-1-2-4-15(14)21/h1-8H,9-11H2,(H,22,27)(H,23,24,26). The van der Waals surface area contributed by atoms with Crippen LogP contribution < -0.4 is 10.6 Å². The number of benzene rings is 2. The lowest BCUT2D eigenvalue weighted by atomic mass is 10.2. The van der Waals surface area contributed by atoms with Crippen molar-refractivity contribution in [2.75, 3.05) is 11.9 Å². The molecule has 1 aromatic heterocycles. The van der Waals surface area contributed by atoms with E-state index in [4.69, 9.17) is 23.2 Å². The number of thioether (sulfide) groups is 1. The van der Waals surface area contributed by atoms with Gasteiger partial charge in [0.1, 0.15) is 0 Å². The Hall–Kier alpha value is -2.13. The molecule has 0 bridgehead atoms. The van der Waals surface area contributed by atoms with Crippen molar-refractivity contribution < 1.29 is 9.59 Å². The summed E-state index contributed by atoms with van der Waals surface area (Å²) in [6, 6.07) is 14.3. The van der Waals surface area contributed by atoms with Gasteiger partial charge in [0.15, 0.2) is 4.34 Å². The molecule has 1 heterocycles. The van der Waals surface area contributed by atoms with Crippen molar-refractivity contribution in [3.63, 3.8) is 0 Å². The van der Waals surface area contributed by atoms with E-state index in [1.165, 1.54) is 23.1 Å². The summed E-state index contributed by atoms with van der Waals surface area (Å²) in [6.45, 7) is 0.187. The van der Waals surface area contributed by atoms with Crippen LogP contribution in [0.3, 0.4) is 0 Å². The van der Waals surface area contributed by atoms with Crippen molar-refractivity contribution >= 4 is 63.2 Å². The van der Waals surface area contributed by atoms with Gasteiger partial charge in [-0.3, -0.25) is 9.59 Å². The molecular weight excluding hydrogens is 451 g/mol. The molecule has 0 fully saturated rings. The van der Waals surface area contributed by atoms with Crippen LogP contribution in [-0.2, 0) is 10.5 Å². The molecule has 2 aromatic carbocycles. The second-order valence-electron chi connectivity index (χ2n) is 5.82. The molecule has 0 unspecified atom stereocenters. The minimum Gasteiger partial charge on any atom is -0.351 e. The first-order valence-electron chi connectivity index (χ1n) is 8.54. The van der Waals surface area contributed by atoms with Crippen LogP contribution in [0.2, 0.25) is 10.0 Å². The van der Waals surface area contributed by atoms with Crippen molar-refractivity contribution in [1.82, 2.24) is 15.5 Å². The van der Waals surface area contributed by atoms with E-state index < -0.39 is 0 Å². The highest BCUT2D eigenvalue weighted by molar-refractivity contribution is 8.00. The first-order chi connectivity index (χ1) is 14.0. The molecule has 0 aliphatic carbocycles. The number of hydrogen-bond donors (Lipinski definition) is 2. The minimum atomic E-state index is -0.319. The maximum absolute atomic E-state index is 12.1. The van der Waals surface area contributed by atoms with Crippen molar-refractivity contribution in [2.45, 2.75) is 16.5 Å². The Labute approximate surface area is 186 Å². The lowest BCUT2D eigenvalue weighted by Crippen LogP contribution is -2.27. The number of nitrogens with zero attached hydrogens (tertiary/aromatic N) is 2. The Morgan fingerprint density at radius 3 is 2.55 bits per heavy atom. The van der Waals surface area contributed by atoms with Crippen LogP contribution in [0.5, 0.6) is 0 Å². The van der Waals surface area contributed by atoms with Gasteiger partial charge >= 0.3 is 0 Å². The molecule has 150 valence electrons. The van der Waals surface area contributed by atoms with Gasteiger partial charge in [0.25, 0.3) is 5.91 Å². The molecule has 0 saturated carbocycles. The number of nitrogens with one attached hydrogen (secondary N) is 2. The Balaban J connectivity index is 1.41. The molecule has 29 heavy (non-hydrogen) atoms. The summed E-state index contributed by atoms with van der Waals surface area (Å²) in [4.78, 5) is 24.1. The largest absolute Gasteiger partial charge is 0.351 e. The third-order valence-electron chi connectivity index (χ3n) is 3.68. The summed E-state index contributed by atoms with van der Waals surface area (Å²) >= 11 is 14.7. The van der Waals surface area contributed by atoms with E-state index >= 15 is 0 Å². The Kier molecular flexibility index (Phi) is 7.88. The van der Waals surface area contributed by atoms with E-state index in [1.54, 1.807) is 24.3 Å². The fourth-order valence-corrected chi connectivity index (χ4v) is 4.33. The first kappa shape index (κ1) is 21.6. The Bertz CT molecular complexity index is 996. The molecule has 3 aromatic rings. The van der Waals surface area contributed by atoms with Gasteiger partial charge in [-0.25, -0.2) is 0 Å². The van der Waals surface area contributed by atoms with Gasteiger partial charge in [-0.1, -0.05) is 70.6 Å². The second-order valence-corrected chi connectivity index (χ2v) is 8.87. The van der Waals surface area contributed by atoms with Crippen LogP contribution in [0.25, 0.3) is 0 Å². The average Bonchev–Trinajstić information content (AvgIpc) is 3.15. The topological polar surface area (TPSA) is 84.0 Å². The van der Waals surface area contributed by atoms with E-state index in [0.29, 0.717) is 20.7 Å². The maximum atomic E-state index is 12.1. The first-order valence-corrected chi connectivity index (χ1v) is 11.1. The summed E-state index contributed by atoms with van der Waals surface area (Å²) in [6.07, 6.45) is 0.114. The highest BCUT2D eigenvalue weighted by Gasteiger charge is 2.12. The van der Waals surface area contributed by atoms with Crippen molar-refractivity contribution in [2.24, 2.45) is 0 Å². The van der Waals surface area contributed by atoms with Crippen LogP contribution in [0.15, 0.2) is 52.9 Å². The van der Waals surface area contributed by atoms with Crippen molar-refractivity contribution in [3.8, 4) is 0 Å². The van der Waals surface area contributed by atoms with Gasteiger partial charge in [0.05, 0.1) is 10.6 Å². The molecule has 0 aliphatic rings. The number of carbonyl (C=O) groups is 2. The average molecular weight is 467 g/mol. The number of carbonyl (C=O) groups excluding carboxylic acids is 2. The Morgan fingerprint density at radius 1 is 1.03 bits per heavy atom. The molecule has 0 spiro atoms. The smallest absolute Gasteiger partial charge is 0.252 e. The molecule has 0 radical (unpaired) electrons. The summed E-state index contributed by atoms with van der Waals surface area (Å²) in [5.41, 5.74) is 1.50. The van der Waals surface area contributed by atoms with Crippen molar-refractivity contribution in [1.29, 1.82) is 0 Å². The van der Waals surface area contributed by atoms with Crippen LogP contribution in [0, 0.1) is 0 Å². The summed E-state index contributed by atoms with van der Waals surface area (Å²) in [5.74, 6) is 0.156. The van der Waals surface area contributed by atoms with Gasteiger partial charge in [0, 0.05) is 23.7 Å². The molecule has 0 aliphatic heterocycles. The van der Waals surface area contributed by atoms with Crippen molar-refractivity contribution in [3.05, 3.63) is 69.7 Å². The number of hydrogen-bond acceptors (Lipinski definition) is 6. The van der Waals surface area contributed by atoms with Crippen LogP contribution in [0.1, 0.15) is 22.3 Å². The molecular formula is C19H16Cl2N4O2S2. The maximum Gasteiger partial charge on any atom is 0.252 e. The van der Waals surface area contributed by atoms with Gasteiger partial charge in [-0.2, -0.15) is 0 Å². The minimum absolute atomic E-state index is 0.114. The second kappa shape index (κ2) is 10.6. The number of rotatable bonds is 8. The highest BCUT2D eigenvalue weighted by atomic mass is 35.5. The molecule has 2 amide bonds. The number of amides is 2. The predicted molar refractivity (Wildman–Crippen MR) is 118 cm³/mol. The Morgan fingerprint density at radius 2 is 1.79 bits per heavy atom. The van der Waals surface area contributed by atoms with E-state index in [2.05, 4.69) is 20.8 Å². The molecule has 6 nitrogen and oxygen atoms in total. The van der Waals surface area contributed by atoms with Crippen LogP contribution >= 0.6 is 46.3 Å². The summed E-state index contributed by atoms with van der Waals surface area (Å²) in [7, 11) is 0. The van der Waals surface area contributed by atoms with E-state index in [-0.39, 0.29) is 24.8 Å². The van der Waals surface area contributed by atoms with Crippen LogP contribution in [-0.4, -0.2) is 28.6 Å². The highest BCUT2D eigenvalue weighted by Crippen LogP contribution is 2.28. The van der Waals surface area contributed by atoms with E-state index in [0.717, 1.165) is 15.7 Å². The molecule has 0 atom stereocenters. The van der Waals surface area contributed by atoms with E-state index in [9.17, 15) is 9.59 Å².